The Labute approximate surface area is 117 Å². The standard InChI is InChI=1S/C11H14N2O5S2/c1-8(2)11(14)12-9-6-4-5-7-10(9)20(17,18)13-19(3,15)16/h4-7,13H,1H2,2-3H3,(H,12,14). The van der Waals surface area contributed by atoms with Gasteiger partial charge in [0, 0.05) is 5.57 Å². The lowest BCUT2D eigenvalue weighted by Gasteiger charge is -2.11. The van der Waals surface area contributed by atoms with Gasteiger partial charge in [0.2, 0.25) is 10.0 Å². The summed E-state index contributed by atoms with van der Waals surface area (Å²) >= 11 is 0. The highest BCUT2D eigenvalue weighted by Crippen LogP contribution is 2.21. The number of rotatable bonds is 5. The molecular formula is C11H14N2O5S2. The second-order valence-corrected chi connectivity index (χ2v) is 7.75. The zero-order valence-electron chi connectivity index (χ0n) is 10.9. The third kappa shape index (κ3) is 4.44. The van der Waals surface area contributed by atoms with Crippen LogP contribution in [-0.4, -0.2) is 29.0 Å². The normalized spacial score (nSPS) is 11.9. The molecule has 0 saturated heterocycles. The number of carbonyl (C=O) groups excluding carboxylic acids is 1. The van der Waals surface area contributed by atoms with E-state index in [1.54, 1.807) is 0 Å². The van der Waals surface area contributed by atoms with E-state index in [1.807, 2.05) is 0 Å². The van der Waals surface area contributed by atoms with Crippen LogP contribution in [0, 0.1) is 0 Å². The van der Waals surface area contributed by atoms with Crippen LogP contribution in [0.2, 0.25) is 0 Å². The average molecular weight is 318 g/mol. The van der Waals surface area contributed by atoms with E-state index < -0.39 is 26.0 Å². The van der Waals surface area contributed by atoms with Crippen molar-refractivity contribution in [3.8, 4) is 0 Å². The molecule has 110 valence electrons. The van der Waals surface area contributed by atoms with Crippen LogP contribution >= 0.6 is 0 Å². The summed E-state index contributed by atoms with van der Waals surface area (Å²) in [5.74, 6) is -0.563. The number of sulfonamides is 2. The fraction of sp³-hybridized carbons (Fsp3) is 0.182. The molecular weight excluding hydrogens is 304 g/mol. The summed E-state index contributed by atoms with van der Waals surface area (Å²) < 4.78 is 47.6. The maximum absolute atomic E-state index is 12.0. The van der Waals surface area contributed by atoms with Crippen molar-refractivity contribution in [1.82, 2.24) is 4.13 Å². The smallest absolute Gasteiger partial charge is 0.255 e. The van der Waals surface area contributed by atoms with Gasteiger partial charge < -0.3 is 5.32 Å². The SMILES string of the molecule is C=C(C)C(=O)Nc1ccccc1S(=O)(=O)NS(C)(=O)=O. The van der Waals surface area contributed by atoms with Crippen LogP contribution in [-0.2, 0) is 24.8 Å². The minimum Gasteiger partial charge on any atom is -0.321 e. The van der Waals surface area contributed by atoms with Gasteiger partial charge in [0.25, 0.3) is 15.9 Å². The predicted molar refractivity (Wildman–Crippen MR) is 75.1 cm³/mol. The minimum atomic E-state index is -4.30. The first-order chi connectivity index (χ1) is 9.03. The van der Waals surface area contributed by atoms with E-state index >= 15 is 0 Å². The Balaban J connectivity index is 3.26. The molecule has 0 unspecified atom stereocenters. The Kier molecular flexibility index (Phi) is 4.69. The summed E-state index contributed by atoms with van der Waals surface area (Å²) in [6.45, 7) is 4.89. The molecule has 7 nitrogen and oxygen atoms in total. The molecule has 0 radical (unpaired) electrons. The lowest BCUT2D eigenvalue weighted by atomic mass is 10.3. The second kappa shape index (κ2) is 5.73. The molecule has 0 aromatic heterocycles. The van der Waals surface area contributed by atoms with Crippen molar-refractivity contribution in [2.45, 2.75) is 11.8 Å². The molecule has 1 aromatic carbocycles. The summed E-state index contributed by atoms with van der Waals surface area (Å²) in [4.78, 5) is 11.2. The summed E-state index contributed by atoms with van der Waals surface area (Å²) in [7, 11) is -8.26. The van der Waals surface area contributed by atoms with Gasteiger partial charge in [0.1, 0.15) is 4.90 Å². The molecule has 0 bridgehead atoms. The molecule has 2 N–H and O–H groups in total. The quantitative estimate of drug-likeness (QED) is 0.766. The summed E-state index contributed by atoms with van der Waals surface area (Å²) in [6, 6.07) is 5.44. The third-order valence-corrected chi connectivity index (χ3v) is 5.10. The lowest BCUT2D eigenvalue weighted by molar-refractivity contribution is -0.112. The fourth-order valence-electron chi connectivity index (χ4n) is 1.28. The van der Waals surface area contributed by atoms with E-state index in [1.165, 1.54) is 35.3 Å². The molecule has 1 rings (SSSR count). The maximum Gasteiger partial charge on any atom is 0.255 e. The van der Waals surface area contributed by atoms with Crippen molar-refractivity contribution < 1.29 is 21.6 Å². The molecule has 0 heterocycles. The van der Waals surface area contributed by atoms with Gasteiger partial charge in [-0.2, -0.15) is 0 Å². The highest BCUT2D eigenvalue weighted by molar-refractivity contribution is 8.04. The van der Waals surface area contributed by atoms with Crippen molar-refractivity contribution >= 4 is 31.6 Å². The number of carbonyl (C=O) groups is 1. The Bertz CT molecular complexity index is 751. The van der Waals surface area contributed by atoms with Crippen molar-refractivity contribution in [2.24, 2.45) is 0 Å². The Morgan fingerprint density at radius 1 is 1.15 bits per heavy atom. The molecule has 0 saturated carbocycles. The van der Waals surface area contributed by atoms with Crippen LogP contribution < -0.4 is 9.44 Å². The van der Waals surface area contributed by atoms with Gasteiger partial charge in [-0.15, -0.1) is 4.13 Å². The fourth-order valence-corrected chi connectivity index (χ4v) is 3.90. The van der Waals surface area contributed by atoms with Crippen molar-refractivity contribution in [3.63, 3.8) is 0 Å². The molecule has 0 atom stereocenters. The first-order valence-electron chi connectivity index (χ1n) is 5.32. The number of amides is 1. The molecule has 20 heavy (non-hydrogen) atoms. The van der Waals surface area contributed by atoms with Gasteiger partial charge in [-0.05, 0) is 19.1 Å². The zero-order chi connectivity index (χ0) is 15.6. The van der Waals surface area contributed by atoms with Gasteiger partial charge in [-0.3, -0.25) is 4.79 Å². The number of para-hydroxylation sites is 1. The molecule has 0 spiro atoms. The number of hydrogen-bond donors (Lipinski definition) is 2. The van der Waals surface area contributed by atoms with Gasteiger partial charge >= 0.3 is 0 Å². The van der Waals surface area contributed by atoms with E-state index in [-0.39, 0.29) is 16.2 Å². The van der Waals surface area contributed by atoms with E-state index in [4.69, 9.17) is 0 Å². The molecule has 0 aliphatic heterocycles. The summed E-state index contributed by atoms with van der Waals surface area (Å²) in [5.41, 5.74) is 0.157. The van der Waals surface area contributed by atoms with Crippen molar-refractivity contribution in [2.75, 3.05) is 11.6 Å². The number of hydrogen-bond acceptors (Lipinski definition) is 5. The van der Waals surface area contributed by atoms with Gasteiger partial charge in [-0.25, -0.2) is 16.8 Å². The van der Waals surface area contributed by atoms with Gasteiger partial charge in [0.15, 0.2) is 0 Å². The topological polar surface area (TPSA) is 109 Å². The molecule has 0 aliphatic rings. The molecule has 0 fully saturated rings. The zero-order valence-corrected chi connectivity index (χ0v) is 12.5. The molecule has 9 heteroatoms. The van der Waals surface area contributed by atoms with E-state index in [9.17, 15) is 21.6 Å². The number of benzene rings is 1. The average Bonchev–Trinajstić information content (AvgIpc) is 2.26. The van der Waals surface area contributed by atoms with Crippen molar-refractivity contribution in [3.05, 3.63) is 36.4 Å². The summed E-state index contributed by atoms with van der Waals surface area (Å²) in [5, 5.41) is 2.35. The maximum atomic E-state index is 12.0. The summed E-state index contributed by atoms with van der Waals surface area (Å²) in [6.07, 6.45) is 0.722. The molecule has 1 aromatic rings. The van der Waals surface area contributed by atoms with Crippen molar-refractivity contribution in [1.29, 1.82) is 0 Å². The Morgan fingerprint density at radius 3 is 2.20 bits per heavy atom. The molecule has 1 amide bonds. The van der Waals surface area contributed by atoms with Gasteiger partial charge in [0.05, 0.1) is 11.9 Å². The van der Waals surface area contributed by atoms with E-state index in [0.29, 0.717) is 0 Å². The number of anilines is 1. The van der Waals surface area contributed by atoms with Crippen LogP contribution in [0.3, 0.4) is 0 Å². The monoisotopic (exact) mass is 318 g/mol. The highest BCUT2D eigenvalue weighted by atomic mass is 32.3. The van der Waals surface area contributed by atoms with Gasteiger partial charge in [-0.1, -0.05) is 18.7 Å². The first-order valence-corrected chi connectivity index (χ1v) is 8.70. The molecule has 0 aliphatic carbocycles. The highest BCUT2D eigenvalue weighted by Gasteiger charge is 2.23. The third-order valence-electron chi connectivity index (χ3n) is 2.07. The predicted octanol–water partition coefficient (Wildman–Crippen LogP) is 0.439. The van der Waals surface area contributed by atoms with Crippen LogP contribution in [0.5, 0.6) is 0 Å². The largest absolute Gasteiger partial charge is 0.321 e. The van der Waals surface area contributed by atoms with Crippen LogP contribution in [0.1, 0.15) is 6.92 Å². The van der Waals surface area contributed by atoms with Crippen LogP contribution in [0.25, 0.3) is 0 Å². The van der Waals surface area contributed by atoms with E-state index in [2.05, 4.69) is 11.9 Å². The van der Waals surface area contributed by atoms with Crippen LogP contribution in [0.4, 0.5) is 5.69 Å². The van der Waals surface area contributed by atoms with E-state index in [0.717, 1.165) is 6.26 Å². The number of nitrogens with one attached hydrogen (secondary N) is 2. The Morgan fingerprint density at radius 2 is 1.70 bits per heavy atom. The Hall–Kier alpha value is -1.71. The second-order valence-electron chi connectivity index (χ2n) is 4.09. The van der Waals surface area contributed by atoms with Crippen LogP contribution in [0.15, 0.2) is 41.3 Å². The minimum absolute atomic E-state index is 0.0309. The lowest BCUT2D eigenvalue weighted by Crippen LogP contribution is -2.30. The first kappa shape index (κ1) is 16.3.